The Morgan fingerprint density at radius 2 is 1.73 bits per heavy atom. The van der Waals surface area contributed by atoms with Gasteiger partial charge in [-0.15, -0.1) is 0 Å². The Morgan fingerprint density at radius 1 is 1.09 bits per heavy atom. The largest absolute Gasteiger partial charge is 0.478 e. The molecule has 7 heteroatoms. The Kier molecular flexibility index (Phi) is 3.69. The molecule has 2 heterocycles. The summed E-state index contributed by atoms with van der Waals surface area (Å²) in [5.74, 6) is -2.09. The molecule has 112 valence electrons. The molecule has 0 radical (unpaired) electrons. The van der Waals surface area contributed by atoms with Crippen molar-refractivity contribution in [3.63, 3.8) is 0 Å². The minimum atomic E-state index is -1.30. The second-order valence-corrected chi connectivity index (χ2v) is 4.67. The molecule has 2 aliphatic rings. The number of hydrogen-bond acceptors (Lipinski definition) is 5. The van der Waals surface area contributed by atoms with Gasteiger partial charge in [0, 0.05) is 24.8 Å². The number of halogens is 1. The van der Waals surface area contributed by atoms with Crippen LogP contribution in [0.5, 0.6) is 0 Å². The predicted molar refractivity (Wildman–Crippen MR) is 83.3 cm³/mol. The number of aromatic carboxylic acids is 1. The second-order valence-electron chi connectivity index (χ2n) is 4.67. The number of hydrogen-bond donors (Lipinski definition) is 1. The molecule has 0 aliphatic carbocycles. The van der Waals surface area contributed by atoms with E-state index in [1.54, 1.807) is 52.8 Å². The summed E-state index contributed by atoms with van der Waals surface area (Å²) in [5.41, 5.74) is 0.346. The molecule has 0 fully saturated rings. The summed E-state index contributed by atoms with van der Waals surface area (Å²) in [4.78, 5) is 22.7. The van der Waals surface area contributed by atoms with E-state index >= 15 is 0 Å². The highest BCUT2D eigenvalue weighted by molar-refractivity contribution is 5.92. The van der Waals surface area contributed by atoms with Crippen LogP contribution in [0.25, 0.3) is 0 Å². The summed E-state index contributed by atoms with van der Waals surface area (Å²) in [6.07, 6.45) is 10.1. The maximum absolute atomic E-state index is 14.7. The number of nitrogens with zero attached hydrogens (tertiary/aromatic N) is 4. The maximum atomic E-state index is 14.7. The van der Waals surface area contributed by atoms with Crippen LogP contribution in [0.4, 0.5) is 15.8 Å². The van der Waals surface area contributed by atoms with Crippen LogP contribution in [-0.4, -0.2) is 36.8 Å². The van der Waals surface area contributed by atoms with Crippen LogP contribution < -0.4 is 9.80 Å². The van der Waals surface area contributed by atoms with Gasteiger partial charge in [-0.25, -0.2) is 9.18 Å². The van der Waals surface area contributed by atoms with Crippen LogP contribution in [0.1, 0.15) is 10.4 Å². The standard InChI is InChI=1S/C15H13FN4O2/c16-13-11(15(21)22)3-4-12(19-7-1-5-17-9-19)14(13)20-8-2-6-18-10-20/h1-8H,9-10H2,(H,21,22). The van der Waals surface area contributed by atoms with Gasteiger partial charge in [-0.2, -0.15) is 0 Å². The maximum Gasteiger partial charge on any atom is 0.338 e. The summed E-state index contributed by atoms with van der Waals surface area (Å²) in [6, 6.07) is 2.85. The summed E-state index contributed by atoms with van der Waals surface area (Å²) in [5, 5.41) is 9.13. The average molecular weight is 300 g/mol. The zero-order chi connectivity index (χ0) is 15.5. The zero-order valence-electron chi connectivity index (χ0n) is 11.6. The number of carboxylic acid groups (broad SMARTS) is 1. The topological polar surface area (TPSA) is 68.5 Å². The lowest BCUT2D eigenvalue weighted by molar-refractivity contribution is 0.0692. The summed E-state index contributed by atoms with van der Waals surface area (Å²) >= 11 is 0. The highest BCUT2D eigenvalue weighted by atomic mass is 19.1. The highest BCUT2D eigenvalue weighted by Gasteiger charge is 2.24. The molecule has 1 aromatic rings. The fourth-order valence-electron chi connectivity index (χ4n) is 2.30. The number of aliphatic imine (C=N–C) groups is 2. The monoisotopic (exact) mass is 300 g/mol. The van der Waals surface area contributed by atoms with E-state index in [1.807, 2.05) is 0 Å². The Morgan fingerprint density at radius 3 is 2.27 bits per heavy atom. The SMILES string of the molecule is O=C(O)c1ccc(N2C=CC=NC2)c(N2C=CC=NC2)c1F. The van der Waals surface area contributed by atoms with E-state index in [0.717, 1.165) is 0 Å². The fourth-order valence-corrected chi connectivity index (χ4v) is 2.30. The third-order valence-corrected chi connectivity index (χ3v) is 3.30. The van der Waals surface area contributed by atoms with Gasteiger partial charge < -0.3 is 14.9 Å². The lowest BCUT2D eigenvalue weighted by Gasteiger charge is -2.29. The zero-order valence-corrected chi connectivity index (χ0v) is 11.6. The quantitative estimate of drug-likeness (QED) is 0.929. The van der Waals surface area contributed by atoms with Crippen molar-refractivity contribution in [3.05, 3.63) is 48.1 Å². The Bertz CT molecular complexity index is 724. The number of allylic oxidation sites excluding steroid dienone is 2. The lowest BCUT2D eigenvalue weighted by atomic mass is 10.1. The van der Waals surface area contributed by atoms with Crippen molar-refractivity contribution in [1.29, 1.82) is 0 Å². The molecular weight excluding hydrogens is 287 g/mol. The number of carbonyl (C=O) groups is 1. The van der Waals surface area contributed by atoms with E-state index in [-0.39, 0.29) is 17.9 Å². The smallest absolute Gasteiger partial charge is 0.338 e. The Balaban J connectivity index is 2.12. The van der Waals surface area contributed by atoms with Gasteiger partial charge in [0.25, 0.3) is 0 Å². The van der Waals surface area contributed by atoms with Crippen LogP contribution in [0.3, 0.4) is 0 Å². The van der Waals surface area contributed by atoms with Crippen molar-refractivity contribution in [2.75, 3.05) is 23.1 Å². The van der Waals surface area contributed by atoms with E-state index in [2.05, 4.69) is 9.98 Å². The number of carboxylic acids is 1. The summed E-state index contributed by atoms with van der Waals surface area (Å²) < 4.78 is 14.7. The molecule has 22 heavy (non-hydrogen) atoms. The average Bonchev–Trinajstić information content (AvgIpc) is 2.55. The molecule has 0 unspecified atom stereocenters. The van der Waals surface area contributed by atoms with Gasteiger partial charge in [0.1, 0.15) is 19.0 Å². The molecule has 0 aromatic heterocycles. The fraction of sp³-hybridized carbons (Fsp3) is 0.133. The molecule has 6 nitrogen and oxygen atoms in total. The Hall–Kier alpha value is -2.96. The molecule has 2 aliphatic heterocycles. The molecule has 0 saturated carbocycles. The third kappa shape index (κ3) is 2.48. The van der Waals surface area contributed by atoms with Crippen LogP contribution in [0.2, 0.25) is 0 Å². The first-order valence-electron chi connectivity index (χ1n) is 6.61. The van der Waals surface area contributed by atoms with E-state index in [4.69, 9.17) is 5.11 Å². The van der Waals surface area contributed by atoms with Crippen molar-refractivity contribution in [2.24, 2.45) is 9.98 Å². The van der Waals surface area contributed by atoms with Crippen LogP contribution in [0, 0.1) is 5.82 Å². The van der Waals surface area contributed by atoms with Gasteiger partial charge in [-0.05, 0) is 24.3 Å². The summed E-state index contributed by atoms with van der Waals surface area (Å²) in [6.45, 7) is 0.570. The molecule has 0 amide bonds. The van der Waals surface area contributed by atoms with E-state index in [0.29, 0.717) is 12.4 Å². The van der Waals surface area contributed by atoms with E-state index in [9.17, 15) is 9.18 Å². The minimum Gasteiger partial charge on any atom is -0.478 e. The molecule has 0 spiro atoms. The van der Waals surface area contributed by atoms with Gasteiger partial charge in [0.2, 0.25) is 0 Å². The van der Waals surface area contributed by atoms with E-state index < -0.39 is 11.8 Å². The molecule has 1 N–H and O–H groups in total. The number of benzene rings is 1. The van der Waals surface area contributed by atoms with Crippen LogP contribution >= 0.6 is 0 Å². The highest BCUT2D eigenvalue weighted by Crippen LogP contribution is 2.35. The van der Waals surface area contributed by atoms with Crippen molar-refractivity contribution < 1.29 is 14.3 Å². The third-order valence-electron chi connectivity index (χ3n) is 3.30. The van der Waals surface area contributed by atoms with Crippen LogP contribution in [-0.2, 0) is 0 Å². The van der Waals surface area contributed by atoms with Gasteiger partial charge in [-0.3, -0.25) is 9.98 Å². The summed E-state index contributed by atoms with van der Waals surface area (Å²) in [7, 11) is 0. The number of rotatable bonds is 3. The first-order valence-corrected chi connectivity index (χ1v) is 6.61. The van der Waals surface area contributed by atoms with Gasteiger partial charge in [0.15, 0.2) is 5.82 Å². The Labute approximate surface area is 126 Å². The van der Waals surface area contributed by atoms with Crippen molar-refractivity contribution in [3.8, 4) is 0 Å². The molecular formula is C15H13FN4O2. The second kappa shape index (κ2) is 5.80. The van der Waals surface area contributed by atoms with E-state index in [1.165, 1.54) is 6.07 Å². The molecule has 0 saturated heterocycles. The van der Waals surface area contributed by atoms with Gasteiger partial charge in [-0.1, -0.05) is 0 Å². The number of anilines is 2. The first-order chi connectivity index (χ1) is 10.7. The first kappa shape index (κ1) is 14.0. The minimum absolute atomic E-state index is 0.176. The molecule has 0 bridgehead atoms. The lowest BCUT2D eigenvalue weighted by Crippen LogP contribution is -2.26. The van der Waals surface area contributed by atoms with Crippen molar-refractivity contribution in [2.45, 2.75) is 0 Å². The molecule has 3 rings (SSSR count). The normalized spacial score (nSPS) is 16.4. The van der Waals surface area contributed by atoms with Crippen LogP contribution in [0.15, 0.2) is 46.7 Å². The van der Waals surface area contributed by atoms with Crippen molar-refractivity contribution >= 4 is 29.8 Å². The van der Waals surface area contributed by atoms with Crippen molar-refractivity contribution in [1.82, 2.24) is 0 Å². The van der Waals surface area contributed by atoms with Gasteiger partial charge in [0.05, 0.1) is 11.3 Å². The molecule has 1 aromatic carbocycles. The predicted octanol–water partition coefficient (Wildman–Crippen LogP) is 2.25. The van der Waals surface area contributed by atoms with Gasteiger partial charge >= 0.3 is 5.97 Å². The molecule has 0 atom stereocenters.